The van der Waals surface area contributed by atoms with Gasteiger partial charge in [-0.05, 0) is 54.4 Å². The van der Waals surface area contributed by atoms with Crippen LogP contribution in [0.5, 0.6) is 11.5 Å². The lowest BCUT2D eigenvalue weighted by molar-refractivity contribution is 0.199. The van der Waals surface area contributed by atoms with E-state index in [1.165, 1.54) is 0 Å². The smallest absolute Gasteiger partial charge is 0.130 e. The molecule has 0 aliphatic heterocycles. The fourth-order valence-corrected chi connectivity index (χ4v) is 3.36. The highest BCUT2D eigenvalue weighted by Crippen LogP contribution is 2.34. The summed E-state index contributed by atoms with van der Waals surface area (Å²) < 4.78 is 12.9. The Morgan fingerprint density at radius 3 is 2.57 bits per heavy atom. The Labute approximate surface area is 163 Å². The molecule has 1 N–H and O–H groups in total. The van der Waals surface area contributed by atoms with Crippen molar-refractivity contribution in [2.24, 2.45) is 0 Å². The fourth-order valence-electron chi connectivity index (χ4n) is 3.36. The van der Waals surface area contributed by atoms with Crippen molar-refractivity contribution in [3.05, 3.63) is 72.6 Å². The molecule has 1 heterocycles. The van der Waals surface area contributed by atoms with Gasteiger partial charge in [-0.25, -0.2) is 4.98 Å². The van der Waals surface area contributed by atoms with Crippen LogP contribution in [0.15, 0.2) is 67.0 Å². The summed E-state index contributed by atoms with van der Waals surface area (Å²) in [6, 6.07) is 19.9. The second-order valence-corrected chi connectivity index (χ2v) is 6.66. The number of hydrogen-bond acceptors (Lipinski definition) is 4. The van der Waals surface area contributed by atoms with Crippen LogP contribution in [0.4, 0.5) is 0 Å². The Balaban J connectivity index is 1.79. The SMILES string of the molecule is COc1ccc(-c2cccc(-n3cnc4cc([C@@H](C)O)ccc43)c2)c(OC)c1. The molecule has 28 heavy (non-hydrogen) atoms. The molecular formula is C23H22N2O3. The summed E-state index contributed by atoms with van der Waals surface area (Å²) in [5.41, 5.74) is 5.73. The van der Waals surface area contributed by atoms with E-state index in [9.17, 15) is 5.11 Å². The molecule has 142 valence electrons. The first-order valence-corrected chi connectivity index (χ1v) is 9.08. The van der Waals surface area contributed by atoms with Gasteiger partial charge in [0.25, 0.3) is 0 Å². The molecule has 4 aromatic rings. The number of aliphatic hydroxyl groups excluding tert-OH is 1. The van der Waals surface area contributed by atoms with Crippen molar-refractivity contribution in [2.75, 3.05) is 14.2 Å². The van der Waals surface area contributed by atoms with Crippen LogP contribution in [0, 0.1) is 0 Å². The van der Waals surface area contributed by atoms with Crippen LogP contribution in [0.3, 0.4) is 0 Å². The van der Waals surface area contributed by atoms with Crippen LogP contribution in [0.1, 0.15) is 18.6 Å². The fraction of sp³-hybridized carbons (Fsp3) is 0.174. The van der Waals surface area contributed by atoms with Crippen LogP contribution >= 0.6 is 0 Å². The van der Waals surface area contributed by atoms with Gasteiger partial charge >= 0.3 is 0 Å². The Kier molecular flexibility index (Phi) is 4.75. The van der Waals surface area contributed by atoms with E-state index >= 15 is 0 Å². The number of aliphatic hydroxyl groups is 1. The van der Waals surface area contributed by atoms with E-state index in [1.54, 1.807) is 27.5 Å². The molecule has 0 spiro atoms. The minimum absolute atomic E-state index is 0.514. The van der Waals surface area contributed by atoms with Gasteiger partial charge < -0.3 is 14.6 Å². The van der Waals surface area contributed by atoms with Crippen LogP contribution in [0.25, 0.3) is 27.8 Å². The number of hydrogen-bond donors (Lipinski definition) is 1. The predicted molar refractivity (Wildman–Crippen MR) is 110 cm³/mol. The third kappa shape index (κ3) is 3.21. The van der Waals surface area contributed by atoms with Gasteiger partial charge in [0.1, 0.15) is 17.8 Å². The number of aromatic nitrogens is 2. The third-order valence-corrected chi connectivity index (χ3v) is 4.90. The highest BCUT2D eigenvalue weighted by molar-refractivity contribution is 5.79. The quantitative estimate of drug-likeness (QED) is 0.547. The Hall–Kier alpha value is -3.31. The summed E-state index contributed by atoms with van der Waals surface area (Å²) in [6.45, 7) is 1.75. The number of benzene rings is 3. The molecular weight excluding hydrogens is 352 g/mol. The molecule has 0 aliphatic carbocycles. The van der Waals surface area contributed by atoms with Crippen LogP contribution < -0.4 is 9.47 Å². The van der Waals surface area contributed by atoms with Gasteiger partial charge in [-0.3, -0.25) is 4.57 Å². The van der Waals surface area contributed by atoms with Crippen LogP contribution in [0.2, 0.25) is 0 Å². The van der Waals surface area contributed by atoms with Crippen molar-refractivity contribution in [1.29, 1.82) is 0 Å². The maximum absolute atomic E-state index is 9.80. The average Bonchev–Trinajstić information content (AvgIpc) is 3.16. The first-order chi connectivity index (χ1) is 13.6. The topological polar surface area (TPSA) is 56.5 Å². The molecule has 0 saturated carbocycles. The first-order valence-electron chi connectivity index (χ1n) is 9.08. The number of ether oxygens (including phenoxy) is 2. The summed E-state index contributed by atoms with van der Waals surface area (Å²) in [5, 5.41) is 9.80. The van der Waals surface area contributed by atoms with E-state index in [1.807, 2.05) is 53.1 Å². The molecule has 5 nitrogen and oxygen atoms in total. The Morgan fingerprint density at radius 1 is 0.964 bits per heavy atom. The molecule has 0 radical (unpaired) electrons. The zero-order valence-corrected chi connectivity index (χ0v) is 16.1. The van der Waals surface area contributed by atoms with E-state index in [2.05, 4.69) is 17.1 Å². The molecule has 5 heteroatoms. The van der Waals surface area contributed by atoms with E-state index < -0.39 is 6.10 Å². The molecule has 1 atom stereocenters. The van der Waals surface area contributed by atoms with Crippen molar-refractivity contribution in [3.63, 3.8) is 0 Å². The Bertz CT molecular complexity index is 1130. The largest absolute Gasteiger partial charge is 0.497 e. The van der Waals surface area contributed by atoms with Gasteiger partial charge in [0.2, 0.25) is 0 Å². The third-order valence-electron chi connectivity index (χ3n) is 4.90. The summed E-state index contributed by atoms with van der Waals surface area (Å²) >= 11 is 0. The minimum Gasteiger partial charge on any atom is -0.497 e. The molecule has 4 rings (SSSR count). The number of rotatable bonds is 5. The highest BCUT2D eigenvalue weighted by atomic mass is 16.5. The molecule has 0 amide bonds. The summed E-state index contributed by atoms with van der Waals surface area (Å²) in [4.78, 5) is 4.51. The summed E-state index contributed by atoms with van der Waals surface area (Å²) in [6.07, 6.45) is 1.29. The van der Waals surface area contributed by atoms with Crippen molar-refractivity contribution in [3.8, 4) is 28.3 Å². The summed E-state index contributed by atoms with van der Waals surface area (Å²) in [7, 11) is 3.30. The highest BCUT2D eigenvalue weighted by Gasteiger charge is 2.11. The maximum atomic E-state index is 9.80. The van der Waals surface area contributed by atoms with E-state index in [0.717, 1.165) is 44.9 Å². The molecule has 0 fully saturated rings. The van der Waals surface area contributed by atoms with E-state index in [0.29, 0.717) is 0 Å². The number of fused-ring (bicyclic) bond motifs is 1. The lowest BCUT2D eigenvalue weighted by Gasteiger charge is -2.12. The van der Waals surface area contributed by atoms with Crippen LogP contribution in [-0.2, 0) is 0 Å². The first kappa shape index (κ1) is 18.1. The summed E-state index contributed by atoms with van der Waals surface area (Å²) in [5.74, 6) is 1.51. The standard InChI is InChI=1S/C23H22N2O3/c1-15(26)16-7-10-22-21(12-16)24-14-25(22)18-6-4-5-17(11-18)20-9-8-19(27-2)13-23(20)28-3/h4-15,26H,1-3H3/t15-/m1/s1. The zero-order valence-electron chi connectivity index (χ0n) is 16.1. The van der Waals surface area contributed by atoms with E-state index in [4.69, 9.17) is 9.47 Å². The predicted octanol–water partition coefficient (Wildman–Crippen LogP) is 4.76. The molecule has 3 aromatic carbocycles. The van der Waals surface area contributed by atoms with Crippen LogP contribution in [-0.4, -0.2) is 28.9 Å². The number of methoxy groups -OCH3 is 2. The van der Waals surface area contributed by atoms with Crippen molar-refractivity contribution >= 4 is 11.0 Å². The maximum Gasteiger partial charge on any atom is 0.130 e. The molecule has 0 unspecified atom stereocenters. The molecule has 0 saturated heterocycles. The number of nitrogens with zero attached hydrogens (tertiary/aromatic N) is 2. The van der Waals surface area contributed by atoms with Gasteiger partial charge in [0.05, 0.1) is 31.4 Å². The van der Waals surface area contributed by atoms with Crippen molar-refractivity contribution in [1.82, 2.24) is 9.55 Å². The zero-order chi connectivity index (χ0) is 19.7. The average molecular weight is 374 g/mol. The van der Waals surface area contributed by atoms with Gasteiger partial charge in [-0.2, -0.15) is 0 Å². The van der Waals surface area contributed by atoms with Gasteiger partial charge in [-0.1, -0.05) is 18.2 Å². The molecule has 0 bridgehead atoms. The lowest BCUT2D eigenvalue weighted by atomic mass is 10.0. The van der Waals surface area contributed by atoms with E-state index in [-0.39, 0.29) is 0 Å². The minimum atomic E-state index is -0.514. The molecule has 1 aromatic heterocycles. The second-order valence-electron chi connectivity index (χ2n) is 6.66. The normalized spacial score (nSPS) is 12.1. The molecule has 0 aliphatic rings. The number of imidazole rings is 1. The van der Waals surface area contributed by atoms with Gasteiger partial charge in [0, 0.05) is 17.3 Å². The van der Waals surface area contributed by atoms with Crippen molar-refractivity contribution in [2.45, 2.75) is 13.0 Å². The Morgan fingerprint density at radius 2 is 1.82 bits per heavy atom. The second kappa shape index (κ2) is 7.37. The van der Waals surface area contributed by atoms with Crippen molar-refractivity contribution < 1.29 is 14.6 Å². The monoisotopic (exact) mass is 374 g/mol. The van der Waals surface area contributed by atoms with Gasteiger partial charge in [-0.15, -0.1) is 0 Å². The lowest BCUT2D eigenvalue weighted by Crippen LogP contribution is -1.95. The van der Waals surface area contributed by atoms with Gasteiger partial charge in [0.15, 0.2) is 0 Å².